The molecule has 0 radical (unpaired) electrons. The number of ether oxygens (including phenoxy) is 1. The third-order valence-corrected chi connectivity index (χ3v) is 4.87. The second-order valence-corrected chi connectivity index (χ2v) is 6.16. The first kappa shape index (κ1) is 15.1. The van der Waals surface area contributed by atoms with E-state index in [1.165, 1.54) is 4.68 Å². The van der Waals surface area contributed by atoms with Gasteiger partial charge in [0.25, 0.3) is 5.56 Å². The quantitative estimate of drug-likeness (QED) is 0.840. The standard InChI is InChI=1S/C16H18BrN3O2/c1-19-16(21)15(17)13(10-18-19)20-9-5-7-12(20)11-6-3-4-8-14(11)22-2/h3-4,6,8,10,12H,5,7,9H2,1-2H3. The van der Waals surface area contributed by atoms with Gasteiger partial charge in [0.05, 0.1) is 25.0 Å². The fourth-order valence-corrected chi connectivity index (χ4v) is 3.61. The largest absolute Gasteiger partial charge is 0.496 e. The van der Waals surface area contributed by atoms with Crippen LogP contribution in [0.2, 0.25) is 0 Å². The molecule has 2 aromatic rings. The highest BCUT2D eigenvalue weighted by molar-refractivity contribution is 9.10. The molecule has 6 heteroatoms. The molecule has 1 aliphatic heterocycles. The number of nitrogens with zero attached hydrogens (tertiary/aromatic N) is 3. The molecule has 5 nitrogen and oxygen atoms in total. The van der Waals surface area contributed by atoms with Crippen LogP contribution in [0.1, 0.15) is 24.4 Å². The fourth-order valence-electron chi connectivity index (χ4n) is 3.02. The summed E-state index contributed by atoms with van der Waals surface area (Å²) in [5.74, 6) is 0.882. The van der Waals surface area contributed by atoms with Crippen LogP contribution in [0.15, 0.2) is 39.7 Å². The summed E-state index contributed by atoms with van der Waals surface area (Å²) in [4.78, 5) is 14.3. The van der Waals surface area contributed by atoms with Crippen LogP contribution in [0, 0.1) is 0 Å². The van der Waals surface area contributed by atoms with E-state index >= 15 is 0 Å². The van der Waals surface area contributed by atoms with E-state index in [0.29, 0.717) is 4.47 Å². The molecule has 1 aromatic heterocycles. The summed E-state index contributed by atoms with van der Waals surface area (Å²) in [6.45, 7) is 0.899. The number of halogens is 1. The smallest absolute Gasteiger partial charge is 0.282 e. The molecule has 1 aliphatic rings. The van der Waals surface area contributed by atoms with Crippen LogP contribution in [-0.2, 0) is 7.05 Å². The summed E-state index contributed by atoms with van der Waals surface area (Å²) in [5, 5.41) is 4.16. The van der Waals surface area contributed by atoms with Crippen molar-refractivity contribution in [2.45, 2.75) is 18.9 Å². The number of aryl methyl sites for hydroxylation is 1. The van der Waals surface area contributed by atoms with E-state index in [-0.39, 0.29) is 11.6 Å². The van der Waals surface area contributed by atoms with Gasteiger partial charge in [-0.3, -0.25) is 4.79 Å². The summed E-state index contributed by atoms with van der Waals surface area (Å²) in [5.41, 5.74) is 1.87. The van der Waals surface area contributed by atoms with Gasteiger partial charge in [0.15, 0.2) is 0 Å². The van der Waals surface area contributed by atoms with Crippen molar-refractivity contribution in [2.24, 2.45) is 7.05 Å². The van der Waals surface area contributed by atoms with E-state index in [9.17, 15) is 4.79 Å². The maximum atomic E-state index is 12.1. The Hall–Kier alpha value is -1.82. The zero-order valence-electron chi connectivity index (χ0n) is 12.6. The van der Waals surface area contributed by atoms with Gasteiger partial charge in [0.1, 0.15) is 10.2 Å². The minimum absolute atomic E-state index is 0.122. The van der Waals surface area contributed by atoms with Crippen LogP contribution in [0.3, 0.4) is 0 Å². The number of rotatable bonds is 3. The molecule has 1 fully saturated rings. The van der Waals surface area contributed by atoms with Gasteiger partial charge in [0, 0.05) is 19.2 Å². The first-order valence-corrected chi connectivity index (χ1v) is 8.04. The van der Waals surface area contributed by atoms with Crippen LogP contribution in [-0.4, -0.2) is 23.4 Å². The average molecular weight is 364 g/mol. The molecule has 1 unspecified atom stereocenters. The van der Waals surface area contributed by atoms with Gasteiger partial charge in [-0.05, 0) is 34.8 Å². The zero-order valence-corrected chi connectivity index (χ0v) is 14.2. The molecule has 1 aromatic carbocycles. The Morgan fingerprint density at radius 2 is 2.14 bits per heavy atom. The lowest BCUT2D eigenvalue weighted by Crippen LogP contribution is -2.28. The Bertz CT molecular complexity index is 744. The van der Waals surface area contributed by atoms with Crippen LogP contribution >= 0.6 is 15.9 Å². The molecule has 22 heavy (non-hydrogen) atoms. The van der Waals surface area contributed by atoms with E-state index in [2.05, 4.69) is 32.0 Å². The molecule has 0 spiro atoms. The normalized spacial score (nSPS) is 17.8. The molecule has 0 aliphatic carbocycles. The molecule has 0 saturated carbocycles. The second kappa shape index (κ2) is 6.12. The summed E-state index contributed by atoms with van der Waals surface area (Å²) >= 11 is 3.43. The molecule has 0 bridgehead atoms. The van der Waals surface area contributed by atoms with Crippen LogP contribution in [0.5, 0.6) is 5.75 Å². The van der Waals surface area contributed by atoms with Crippen molar-refractivity contribution in [2.75, 3.05) is 18.6 Å². The summed E-state index contributed by atoms with van der Waals surface area (Å²) in [7, 11) is 3.34. The van der Waals surface area contributed by atoms with Gasteiger partial charge in [-0.15, -0.1) is 0 Å². The number of aromatic nitrogens is 2. The zero-order chi connectivity index (χ0) is 15.7. The minimum Gasteiger partial charge on any atom is -0.496 e. The van der Waals surface area contributed by atoms with Crippen molar-refractivity contribution in [1.82, 2.24) is 9.78 Å². The molecule has 116 valence electrons. The number of para-hydroxylation sites is 1. The molecular weight excluding hydrogens is 346 g/mol. The Morgan fingerprint density at radius 3 is 2.91 bits per heavy atom. The molecular formula is C16H18BrN3O2. The maximum Gasteiger partial charge on any atom is 0.282 e. The van der Waals surface area contributed by atoms with E-state index in [1.807, 2.05) is 18.2 Å². The topological polar surface area (TPSA) is 47.4 Å². The predicted molar refractivity (Wildman–Crippen MR) is 89.5 cm³/mol. The van der Waals surface area contributed by atoms with E-state index in [4.69, 9.17) is 4.74 Å². The molecule has 2 heterocycles. The van der Waals surface area contributed by atoms with Gasteiger partial charge in [0.2, 0.25) is 0 Å². The van der Waals surface area contributed by atoms with Crippen molar-refractivity contribution < 1.29 is 4.74 Å². The first-order valence-electron chi connectivity index (χ1n) is 7.25. The Balaban J connectivity index is 2.04. The number of hydrogen-bond donors (Lipinski definition) is 0. The number of methoxy groups -OCH3 is 1. The van der Waals surface area contributed by atoms with Gasteiger partial charge >= 0.3 is 0 Å². The highest BCUT2D eigenvalue weighted by Gasteiger charge is 2.30. The van der Waals surface area contributed by atoms with Crippen LogP contribution in [0.4, 0.5) is 5.69 Å². The van der Waals surface area contributed by atoms with E-state index in [1.54, 1.807) is 20.4 Å². The van der Waals surface area contributed by atoms with Gasteiger partial charge in [-0.25, -0.2) is 4.68 Å². The summed E-state index contributed by atoms with van der Waals surface area (Å²) < 4.78 is 7.39. The molecule has 3 rings (SSSR count). The van der Waals surface area contributed by atoms with Gasteiger partial charge < -0.3 is 9.64 Å². The first-order chi connectivity index (χ1) is 10.6. The van der Waals surface area contributed by atoms with Gasteiger partial charge in [-0.1, -0.05) is 18.2 Å². The molecule has 0 N–H and O–H groups in total. The highest BCUT2D eigenvalue weighted by atomic mass is 79.9. The fraction of sp³-hybridized carbons (Fsp3) is 0.375. The summed E-state index contributed by atoms with van der Waals surface area (Å²) in [6, 6.07) is 8.25. The number of anilines is 1. The number of hydrogen-bond acceptors (Lipinski definition) is 4. The maximum absolute atomic E-state index is 12.1. The van der Waals surface area contributed by atoms with Crippen molar-refractivity contribution >= 4 is 21.6 Å². The lowest BCUT2D eigenvalue weighted by molar-refractivity contribution is 0.405. The monoisotopic (exact) mass is 363 g/mol. The van der Waals surface area contributed by atoms with E-state index in [0.717, 1.165) is 36.4 Å². The Morgan fingerprint density at radius 1 is 1.36 bits per heavy atom. The number of benzene rings is 1. The van der Waals surface area contributed by atoms with Crippen molar-refractivity contribution in [3.63, 3.8) is 0 Å². The SMILES string of the molecule is COc1ccccc1C1CCCN1c1cnn(C)c(=O)c1Br. The van der Waals surface area contributed by atoms with Crippen LogP contribution < -0.4 is 15.2 Å². The lowest BCUT2D eigenvalue weighted by atomic mass is 10.0. The minimum atomic E-state index is -0.122. The lowest BCUT2D eigenvalue weighted by Gasteiger charge is -2.28. The van der Waals surface area contributed by atoms with Crippen molar-refractivity contribution in [3.8, 4) is 5.75 Å². The molecule has 1 saturated heterocycles. The second-order valence-electron chi connectivity index (χ2n) is 5.37. The highest BCUT2D eigenvalue weighted by Crippen LogP contribution is 2.40. The Kier molecular flexibility index (Phi) is 4.20. The molecule has 1 atom stereocenters. The van der Waals surface area contributed by atoms with Crippen molar-refractivity contribution in [3.05, 3.63) is 50.9 Å². The third kappa shape index (κ3) is 2.52. The van der Waals surface area contributed by atoms with Crippen LogP contribution in [0.25, 0.3) is 0 Å². The molecule has 0 amide bonds. The predicted octanol–water partition coefficient (Wildman–Crippen LogP) is 2.89. The van der Waals surface area contributed by atoms with Crippen molar-refractivity contribution in [1.29, 1.82) is 0 Å². The summed E-state index contributed by atoms with van der Waals surface area (Å²) in [6.07, 6.45) is 3.85. The third-order valence-electron chi connectivity index (χ3n) is 4.12. The Labute approximate surface area is 137 Å². The van der Waals surface area contributed by atoms with Gasteiger partial charge in [-0.2, -0.15) is 5.10 Å². The average Bonchev–Trinajstić information content (AvgIpc) is 3.02. The van der Waals surface area contributed by atoms with E-state index < -0.39 is 0 Å².